The summed E-state index contributed by atoms with van der Waals surface area (Å²) in [5.41, 5.74) is 1.40. The van der Waals surface area contributed by atoms with Gasteiger partial charge in [-0.15, -0.1) is 0 Å². The summed E-state index contributed by atoms with van der Waals surface area (Å²) in [6.45, 7) is 1.20. The molecule has 1 saturated heterocycles. The Morgan fingerprint density at radius 2 is 1.59 bits per heavy atom. The van der Waals surface area contributed by atoms with Crippen molar-refractivity contribution in [1.29, 1.82) is 0 Å². The molecule has 140 valence electrons. The van der Waals surface area contributed by atoms with E-state index in [1.807, 2.05) is 4.90 Å². The molecule has 0 spiro atoms. The van der Waals surface area contributed by atoms with Crippen molar-refractivity contribution in [2.75, 3.05) is 19.6 Å². The number of benzene rings is 2. The average Bonchev–Trinajstić information content (AvgIpc) is 3.22. The minimum Gasteiger partial charge on any atom is -0.336 e. The van der Waals surface area contributed by atoms with Crippen LogP contribution in [0, 0.1) is 5.82 Å². The molecule has 0 bridgehead atoms. The molecule has 0 N–H and O–H groups in total. The Bertz CT molecular complexity index is 861. The monoisotopic (exact) mass is 366 g/mol. The third-order valence-corrected chi connectivity index (χ3v) is 5.63. The van der Waals surface area contributed by atoms with Gasteiger partial charge in [-0.3, -0.25) is 9.59 Å². The number of hydrogen-bond acceptors (Lipinski definition) is 2. The number of halogens is 1. The number of piperazine rings is 1. The molecule has 2 aromatic rings. The van der Waals surface area contributed by atoms with Gasteiger partial charge < -0.3 is 9.80 Å². The fourth-order valence-corrected chi connectivity index (χ4v) is 4.22. The van der Waals surface area contributed by atoms with E-state index in [4.69, 9.17) is 0 Å². The number of carbonyl (C=O) groups is 2. The first-order valence-corrected chi connectivity index (χ1v) is 9.58. The van der Waals surface area contributed by atoms with Crippen LogP contribution < -0.4 is 0 Å². The van der Waals surface area contributed by atoms with Gasteiger partial charge in [0.05, 0.1) is 0 Å². The van der Waals surface area contributed by atoms with E-state index in [0.29, 0.717) is 35.8 Å². The predicted molar refractivity (Wildman–Crippen MR) is 102 cm³/mol. The van der Waals surface area contributed by atoms with Gasteiger partial charge in [-0.05, 0) is 30.5 Å². The lowest BCUT2D eigenvalue weighted by atomic mass is 9.98. The largest absolute Gasteiger partial charge is 0.336 e. The van der Waals surface area contributed by atoms with Crippen molar-refractivity contribution in [2.45, 2.75) is 31.7 Å². The van der Waals surface area contributed by atoms with Crippen LogP contribution in [0.4, 0.5) is 4.39 Å². The number of carbonyl (C=O) groups excluding carboxylic acids is 2. The van der Waals surface area contributed by atoms with Gasteiger partial charge in [0, 0.05) is 30.3 Å². The summed E-state index contributed by atoms with van der Waals surface area (Å²) in [5.74, 6) is -0.557. The molecule has 27 heavy (non-hydrogen) atoms. The highest BCUT2D eigenvalue weighted by Gasteiger charge is 2.33. The van der Waals surface area contributed by atoms with Gasteiger partial charge in [-0.1, -0.05) is 49.2 Å². The van der Waals surface area contributed by atoms with Crippen LogP contribution in [0.15, 0.2) is 48.5 Å². The van der Waals surface area contributed by atoms with Gasteiger partial charge in [0.2, 0.25) is 5.91 Å². The maximum absolute atomic E-state index is 14.3. The van der Waals surface area contributed by atoms with Crippen LogP contribution in [-0.4, -0.2) is 47.3 Å². The van der Waals surface area contributed by atoms with Gasteiger partial charge in [-0.2, -0.15) is 0 Å². The summed E-state index contributed by atoms with van der Waals surface area (Å²) in [6.07, 6.45) is 4.48. The lowest BCUT2D eigenvalue weighted by molar-refractivity contribution is -0.137. The van der Waals surface area contributed by atoms with Gasteiger partial charge in [0.25, 0.3) is 5.91 Å². The molecule has 4 nitrogen and oxygen atoms in total. The molecule has 2 fully saturated rings. The predicted octanol–water partition coefficient (Wildman–Crippen LogP) is 3.72. The van der Waals surface area contributed by atoms with Gasteiger partial charge in [0.15, 0.2) is 0 Å². The molecular formula is C22H23FN2O2. The van der Waals surface area contributed by atoms with Crippen molar-refractivity contribution in [3.8, 4) is 11.1 Å². The van der Waals surface area contributed by atoms with Gasteiger partial charge in [0.1, 0.15) is 12.4 Å². The highest BCUT2D eigenvalue weighted by atomic mass is 19.1. The van der Waals surface area contributed by atoms with E-state index in [2.05, 4.69) is 0 Å². The minimum atomic E-state index is -0.361. The third-order valence-electron chi connectivity index (χ3n) is 5.63. The van der Waals surface area contributed by atoms with E-state index in [0.717, 1.165) is 12.8 Å². The van der Waals surface area contributed by atoms with Crippen molar-refractivity contribution in [1.82, 2.24) is 9.80 Å². The molecule has 2 aliphatic rings. The van der Waals surface area contributed by atoms with Crippen LogP contribution in [0.25, 0.3) is 11.1 Å². The lowest BCUT2D eigenvalue weighted by Gasteiger charge is -2.38. The molecule has 2 amide bonds. The third kappa shape index (κ3) is 3.46. The Hall–Kier alpha value is -2.69. The normalized spacial score (nSPS) is 18.2. The second-order valence-electron chi connectivity index (χ2n) is 7.28. The van der Waals surface area contributed by atoms with Crippen LogP contribution in [0.3, 0.4) is 0 Å². The Morgan fingerprint density at radius 1 is 0.926 bits per heavy atom. The Kier molecular flexibility index (Phi) is 4.92. The fraction of sp³-hybridized carbons (Fsp3) is 0.364. The van der Waals surface area contributed by atoms with Crippen molar-refractivity contribution in [3.63, 3.8) is 0 Å². The van der Waals surface area contributed by atoms with Crippen molar-refractivity contribution in [3.05, 3.63) is 59.9 Å². The molecule has 0 radical (unpaired) electrons. The summed E-state index contributed by atoms with van der Waals surface area (Å²) in [7, 11) is 0. The van der Waals surface area contributed by atoms with E-state index in [1.165, 1.54) is 18.9 Å². The van der Waals surface area contributed by atoms with Gasteiger partial charge >= 0.3 is 0 Å². The number of amides is 2. The average molecular weight is 366 g/mol. The smallest absolute Gasteiger partial charge is 0.255 e. The Morgan fingerprint density at radius 3 is 2.30 bits per heavy atom. The Balaban J connectivity index is 1.56. The highest BCUT2D eigenvalue weighted by molar-refractivity contribution is 6.02. The standard InChI is InChI=1S/C22H23FN2O2/c23-20-12-6-5-10-18(20)17-9-3-4-11-19(17)22(27)24-13-14-25(21(26)15-24)16-7-1-2-8-16/h3-6,9-12,16H,1-2,7-8,13-15H2. The fourth-order valence-electron chi connectivity index (χ4n) is 4.22. The molecule has 1 heterocycles. The second-order valence-corrected chi connectivity index (χ2v) is 7.28. The molecule has 0 unspecified atom stereocenters. The topological polar surface area (TPSA) is 40.6 Å². The van der Waals surface area contributed by atoms with Crippen molar-refractivity contribution < 1.29 is 14.0 Å². The Labute approximate surface area is 158 Å². The van der Waals surface area contributed by atoms with Crippen LogP contribution in [0.5, 0.6) is 0 Å². The van der Waals surface area contributed by atoms with Crippen molar-refractivity contribution >= 4 is 11.8 Å². The molecule has 0 atom stereocenters. The first-order valence-electron chi connectivity index (χ1n) is 9.58. The highest BCUT2D eigenvalue weighted by Crippen LogP contribution is 2.29. The summed E-state index contributed by atoms with van der Waals surface area (Å²) in [4.78, 5) is 29.3. The molecular weight excluding hydrogens is 343 g/mol. The first kappa shape index (κ1) is 17.7. The van der Waals surface area contributed by atoms with E-state index in [9.17, 15) is 14.0 Å². The summed E-state index contributed by atoms with van der Waals surface area (Å²) < 4.78 is 14.3. The van der Waals surface area contributed by atoms with E-state index >= 15 is 0 Å². The zero-order valence-corrected chi connectivity index (χ0v) is 15.2. The molecule has 4 rings (SSSR count). The first-order chi connectivity index (χ1) is 13.1. The van der Waals surface area contributed by atoms with E-state index < -0.39 is 0 Å². The zero-order valence-electron chi connectivity index (χ0n) is 15.2. The van der Waals surface area contributed by atoms with Crippen LogP contribution >= 0.6 is 0 Å². The SMILES string of the molecule is O=C(c1ccccc1-c1ccccc1F)N1CCN(C2CCCC2)C(=O)C1. The zero-order chi connectivity index (χ0) is 18.8. The van der Waals surface area contributed by atoms with Crippen LogP contribution in [0.2, 0.25) is 0 Å². The molecule has 0 aromatic heterocycles. The lowest BCUT2D eigenvalue weighted by Crippen LogP contribution is -2.54. The van der Waals surface area contributed by atoms with E-state index in [1.54, 1.807) is 47.4 Å². The van der Waals surface area contributed by atoms with Crippen LogP contribution in [-0.2, 0) is 4.79 Å². The summed E-state index contributed by atoms with van der Waals surface area (Å²) in [6, 6.07) is 13.8. The maximum Gasteiger partial charge on any atom is 0.255 e. The van der Waals surface area contributed by atoms with Crippen molar-refractivity contribution in [2.24, 2.45) is 0 Å². The molecule has 1 saturated carbocycles. The van der Waals surface area contributed by atoms with Gasteiger partial charge in [-0.25, -0.2) is 4.39 Å². The number of hydrogen-bond donors (Lipinski definition) is 0. The molecule has 1 aliphatic heterocycles. The summed E-state index contributed by atoms with van der Waals surface area (Å²) >= 11 is 0. The maximum atomic E-state index is 14.3. The summed E-state index contributed by atoms with van der Waals surface area (Å²) in [5, 5.41) is 0. The second kappa shape index (κ2) is 7.51. The molecule has 5 heteroatoms. The minimum absolute atomic E-state index is 0.0184. The quantitative estimate of drug-likeness (QED) is 0.831. The number of nitrogens with zero attached hydrogens (tertiary/aromatic N) is 2. The molecule has 1 aliphatic carbocycles. The molecule has 2 aromatic carbocycles. The van der Waals surface area contributed by atoms with E-state index in [-0.39, 0.29) is 24.2 Å². The number of rotatable bonds is 3. The van der Waals surface area contributed by atoms with Crippen LogP contribution in [0.1, 0.15) is 36.0 Å².